The lowest BCUT2D eigenvalue weighted by Gasteiger charge is -2.28. The van der Waals surface area contributed by atoms with Crippen molar-refractivity contribution in [2.45, 2.75) is 49.8 Å². The highest BCUT2D eigenvalue weighted by Gasteiger charge is 2.39. The molecule has 0 spiro atoms. The van der Waals surface area contributed by atoms with Crippen LogP contribution in [0.3, 0.4) is 0 Å². The zero-order chi connectivity index (χ0) is 29.7. The highest BCUT2D eigenvalue weighted by molar-refractivity contribution is 9.10. The fraction of sp³-hybridized carbons (Fsp3) is 0.229. The van der Waals surface area contributed by atoms with E-state index in [0.717, 1.165) is 68.6 Å². The van der Waals surface area contributed by atoms with E-state index in [4.69, 9.17) is 0 Å². The van der Waals surface area contributed by atoms with Crippen LogP contribution in [0.2, 0.25) is 0 Å². The molecule has 0 aliphatic heterocycles. The summed E-state index contributed by atoms with van der Waals surface area (Å²) in [6.07, 6.45) is 5.15. The van der Waals surface area contributed by atoms with Crippen LogP contribution in [0.5, 0.6) is 0 Å². The highest BCUT2D eigenvalue weighted by Crippen LogP contribution is 2.40. The molecule has 0 saturated carbocycles. The molecule has 0 aliphatic carbocycles. The topological polar surface area (TPSA) is 59.4 Å². The van der Waals surface area contributed by atoms with Gasteiger partial charge in [-0.2, -0.15) is 0 Å². The molecule has 0 fully saturated rings. The monoisotopic (exact) mass is 642 g/mol. The Labute approximate surface area is 257 Å². The molecule has 4 aromatic carbocycles. The van der Waals surface area contributed by atoms with Gasteiger partial charge in [0.05, 0.1) is 16.5 Å². The van der Waals surface area contributed by atoms with E-state index >= 15 is 4.79 Å². The lowest BCUT2D eigenvalue weighted by molar-refractivity contribution is -0.118. The van der Waals surface area contributed by atoms with Gasteiger partial charge in [0.2, 0.25) is 0 Å². The van der Waals surface area contributed by atoms with Crippen LogP contribution in [-0.2, 0) is 28.3 Å². The number of aryl methyl sites for hydroxylation is 1. The maximum absolute atomic E-state index is 15.0. The minimum absolute atomic E-state index is 0.0485. The summed E-state index contributed by atoms with van der Waals surface area (Å²) < 4.78 is 32.6. The number of nitrogens with zero attached hydrogens (tertiary/aromatic N) is 2. The average Bonchev–Trinajstić information content (AvgIpc) is 3.28. The van der Waals surface area contributed by atoms with Crippen molar-refractivity contribution in [2.24, 2.45) is 7.05 Å². The van der Waals surface area contributed by atoms with Crippen LogP contribution in [-0.4, -0.2) is 18.9 Å². The predicted octanol–water partition coefficient (Wildman–Crippen LogP) is 8.62. The van der Waals surface area contributed by atoms with Crippen LogP contribution in [0.1, 0.15) is 55.3 Å². The van der Waals surface area contributed by atoms with Gasteiger partial charge < -0.3 is 4.57 Å². The van der Waals surface area contributed by atoms with E-state index in [9.17, 15) is 8.42 Å². The number of aromatic nitrogens is 1. The van der Waals surface area contributed by atoms with Crippen molar-refractivity contribution in [2.75, 3.05) is 4.31 Å². The van der Waals surface area contributed by atoms with E-state index in [0.29, 0.717) is 5.69 Å². The number of anilines is 1. The van der Waals surface area contributed by atoms with Gasteiger partial charge in [0.25, 0.3) is 15.9 Å². The minimum atomic E-state index is -4.26. The number of halogens is 1. The van der Waals surface area contributed by atoms with Gasteiger partial charge in [-0.15, -0.1) is 0 Å². The summed E-state index contributed by atoms with van der Waals surface area (Å²) in [7, 11) is -2.22. The van der Waals surface area contributed by atoms with Gasteiger partial charge >= 0.3 is 0 Å². The second kappa shape index (κ2) is 13.1. The molecule has 216 valence electrons. The minimum Gasteiger partial charge on any atom is -0.347 e. The lowest BCUT2D eigenvalue weighted by Crippen LogP contribution is -2.40. The molecule has 7 heteroatoms. The van der Waals surface area contributed by atoms with E-state index in [1.165, 1.54) is 12.1 Å². The quantitative estimate of drug-likeness (QED) is 0.136. The van der Waals surface area contributed by atoms with Crippen LogP contribution in [0.4, 0.5) is 5.69 Å². The number of para-hydroxylation sites is 2. The Kier molecular flexibility index (Phi) is 9.29. The fourth-order valence-corrected chi connectivity index (χ4v) is 7.37. The van der Waals surface area contributed by atoms with Crippen molar-refractivity contribution >= 4 is 48.5 Å². The van der Waals surface area contributed by atoms with Crippen molar-refractivity contribution in [3.05, 3.63) is 130 Å². The molecule has 0 radical (unpaired) electrons. The van der Waals surface area contributed by atoms with Gasteiger partial charge in [-0.1, -0.05) is 109 Å². The van der Waals surface area contributed by atoms with Crippen LogP contribution in [0.15, 0.2) is 119 Å². The third kappa shape index (κ3) is 5.94. The summed E-state index contributed by atoms with van der Waals surface area (Å²) in [5, 5.41) is 0.960. The number of fused-ring (bicyclic) bond motifs is 1. The molecule has 0 aliphatic rings. The van der Waals surface area contributed by atoms with E-state index in [2.05, 4.69) is 33.5 Å². The Morgan fingerprint density at radius 1 is 0.810 bits per heavy atom. The Balaban J connectivity index is 1.75. The zero-order valence-electron chi connectivity index (χ0n) is 23.9. The Morgan fingerprint density at radius 3 is 2.10 bits per heavy atom. The molecule has 5 aromatic rings. The van der Waals surface area contributed by atoms with E-state index < -0.39 is 21.8 Å². The van der Waals surface area contributed by atoms with Crippen molar-refractivity contribution < 1.29 is 13.2 Å². The first-order valence-corrected chi connectivity index (χ1v) is 16.6. The predicted molar refractivity (Wildman–Crippen MR) is 174 cm³/mol. The molecule has 0 saturated heterocycles. The first-order chi connectivity index (χ1) is 20.3. The van der Waals surface area contributed by atoms with Gasteiger partial charge in [0.15, 0.2) is 0 Å². The lowest BCUT2D eigenvalue weighted by atomic mass is 9.87. The zero-order valence-corrected chi connectivity index (χ0v) is 26.3. The largest absolute Gasteiger partial charge is 0.347 e. The average molecular weight is 644 g/mol. The summed E-state index contributed by atoms with van der Waals surface area (Å²) in [6.45, 7) is 2.19. The van der Waals surface area contributed by atoms with Crippen molar-refractivity contribution in [1.82, 2.24) is 4.57 Å². The number of sulfonamides is 1. The number of unbranched alkanes of at least 4 members (excludes halogenated alkanes) is 3. The standard InChI is InChI=1S/C35H35BrN2O3S/c1-3-4-5-12-21-32-34(30-19-13-14-20-31(30)37(32)2)33(26-15-8-6-9-16-26)35(39)38(28-17-10-7-11-18-28)42(40,41)29-24-22-27(36)23-25-29/h6-11,13-20,22-25,33H,3-5,12,21H2,1-2H3. The fourth-order valence-electron chi connectivity index (χ4n) is 5.67. The Morgan fingerprint density at radius 2 is 1.43 bits per heavy atom. The summed E-state index contributed by atoms with van der Waals surface area (Å²) in [5.41, 5.74) is 4.00. The molecule has 5 rings (SSSR count). The van der Waals surface area contributed by atoms with Crippen LogP contribution < -0.4 is 4.31 Å². The molecule has 1 atom stereocenters. The normalized spacial score (nSPS) is 12.4. The smallest absolute Gasteiger partial charge is 0.270 e. The van der Waals surface area contributed by atoms with Crippen molar-refractivity contribution in [3.8, 4) is 0 Å². The number of amides is 1. The third-order valence-corrected chi connectivity index (χ3v) is 10.0. The Hall–Kier alpha value is -3.68. The Bertz CT molecular complexity index is 1770. The number of rotatable bonds is 11. The highest BCUT2D eigenvalue weighted by atomic mass is 79.9. The number of benzene rings is 4. The number of carbonyl (C=O) groups is 1. The van der Waals surface area contributed by atoms with Gasteiger partial charge in [0, 0.05) is 28.1 Å². The van der Waals surface area contributed by atoms with Gasteiger partial charge in [-0.25, -0.2) is 12.7 Å². The number of hydrogen-bond donors (Lipinski definition) is 0. The molecule has 1 heterocycles. The van der Waals surface area contributed by atoms with E-state index in [-0.39, 0.29) is 4.90 Å². The first-order valence-electron chi connectivity index (χ1n) is 14.4. The molecule has 1 aromatic heterocycles. The summed E-state index contributed by atoms with van der Waals surface area (Å²) in [5.74, 6) is -1.36. The summed E-state index contributed by atoms with van der Waals surface area (Å²) in [4.78, 5) is 15.1. The van der Waals surface area contributed by atoms with Crippen LogP contribution in [0, 0.1) is 0 Å². The summed E-state index contributed by atoms with van der Waals surface area (Å²) in [6, 6.07) is 32.7. The molecular formula is C35H35BrN2O3S. The second-order valence-corrected chi connectivity index (χ2v) is 13.2. The maximum Gasteiger partial charge on any atom is 0.270 e. The molecule has 42 heavy (non-hydrogen) atoms. The number of hydrogen-bond acceptors (Lipinski definition) is 3. The third-order valence-electron chi connectivity index (χ3n) is 7.75. The van der Waals surface area contributed by atoms with Crippen LogP contribution in [0.25, 0.3) is 10.9 Å². The summed E-state index contributed by atoms with van der Waals surface area (Å²) >= 11 is 3.39. The molecule has 1 unspecified atom stereocenters. The van der Waals surface area contributed by atoms with Gasteiger partial charge in [0.1, 0.15) is 0 Å². The first kappa shape index (κ1) is 29.8. The molecule has 1 amide bonds. The number of carbonyl (C=O) groups excluding carboxylic acids is 1. The molecule has 0 N–H and O–H groups in total. The SMILES string of the molecule is CCCCCCc1c(C(C(=O)N(c2ccccc2)S(=O)(=O)c2ccc(Br)cc2)c2ccccc2)c2ccccc2n1C. The van der Waals surface area contributed by atoms with Crippen LogP contribution >= 0.6 is 15.9 Å². The van der Waals surface area contributed by atoms with E-state index in [1.807, 2.05) is 61.6 Å². The van der Waals surface area contributed by atoms with Crippen molar-refractivity contribution in [1.29, 1.82) is 0 Å². The van der Waals surface area contributed by atoms with Crippen molar-refractivity contribution in [3.63, 3.8) is 0 Å². The molecule has 0 bridgehead atoms. The van der Waals surface area contributed by atoms with Gasteiger partial charge in [-0.05, 0) is 66.4 Å². The molecular weight excluding hydrogens is 608 g/mol. The second-order valence-electron chi connectivity index (χ2n) is 10.5. The molecule has 5 nitrogen and oxygen atoms in total. The van der Waals surface area contributed by atoms with E-state index in [1.54, 1.807) is 36.4 Å². The maximum atomic E-state index is 15.0. The van der Waals surface area contributed by atoms with Gasteiger partial charge in [-0.3, -0.25) is 4.79 Å².